The second-order valence-electron chi connectivity index (χ2n) is 4.77. The van der Waals surface area contributed by atoms with Crippen LogP contribution in [-0.4, -0.2) is 27.0 Å². The van der Waals surface area contributed by atoms with Crippen LogP contribution in [0.4, 0.5) is 0 Å². The third kappa shape index (κ3) is 3.16. The van der Waals surface area contributed by atoms with Gasteiger partial charge in [0.15, 0.2) is 0 Å². The Morgan fingerprint density at radius 1 is 1.38 bits per heavy atom. The molecule has 3 rings (SSSR count). The van der Waals surface area contributed by atoms with E-state index in [4.69, 9.17) is 0 Å². The largest absolute Gasteiger partial charge is 0.356 e. The van der Waals surface area contributed by atoms with Crippen LogP contribution in [0.3, 0.4) is 0 Å². The SMILES string of the molecule is O=C(NCCCn1cnc2ccccc21)c1cc(Br)c[nH]1. The zero-order chi connectivity index (χ0) is 14.7. The standard InChI is InChI=1S/C15H15BrN4O/c16-11-8-13(18-9-11)15(21)17-6-3-7-20-10-19-12-4-1-2-5-14(12)20/h1-2,4-5,8-10,18H,3,6-7H2,(H,17,21). The quantitative estimate of drug-likeness (QED) is 0.697. The fraction of sp³-hybridized carbons (Fsp3) is 0.200. The van der Waals surface area contributed by atoms with Crippen molar-refractivity contribution in [1.82, 2.24) is 19.9 Å². The van der Waals surface area contributed by atoms with Crippen LogP contribution in [0.15, 0.2) is 47.3 Å². The van der Waals surface area contributed by atoms with E-state index in [1.165, 1.54) is 0 Å². The number of hydrogen-bond acceptors (Lipinski definition) is 2. The smallest absolute Gasteiger partial charge is 0.267 e. The van der Waals surface area contributed by atoms with Crippen molar-refractivity contribution in [3.05, 3.63) is 53.0 Å². The van der Waals surface area contributed by atoms with Crippen LogP contribution in [0.1, 0.15) is 16.9 Å². The first-order valence-electron chi connectivity index (χ1n) is 6.76. The van der Waals surface area contributed by atoms with Crippen molar-refractivity contribution < 1.29 is 4.79 Å². The van der Waals surface area contributed by atoms with E-state index in [-0.39, 0.29) is 5.91 Å². The molecule has 0 aliphatic rings. The summed E-state index contributed by atoms with van der Waals surface area (Å²) >= 11 is 3.31. The zero-order valence-electron chi connectivity index (χ0n) is 11.3. The summed E-state index contributed by atoms with van der Waals surface area (Å²) in [7, 11) is 0. The number of hydrogen-bond donors (Lipinski definition) is 2. The minimum absolute atomic E-state index is 0.0869. The summed E-state index contributed by atoms with van der Waals surface area (Å²) in [4.78, 5) is 19.1. The van der Waals surface area contributed by atoms with E-state index in [0.717, 1.165) is 28.5 Å². The average Bonchev–Trinajstić information content (AvgIpc) is 3.10. The predicted molar refractivity (Wildman–Crippen MR) is 85.2 cm³/mol. The van der Waals surface area contributed by atoms with Crippen molar-refractivity contribution in [2.45, 2.75) is 13.0 Å². The van der Waals surface area contributed by atoms with Gasteiger partial charge in [0.1, 0.15) is 5.69 Å². The monoisotopic (exact) mass is 346 g/mol. The molecule has 1 amide bonds. The number of nitrogens with zero attached hydrogens (tertiary/aromatic N) is 2. The highest BCUT2D eigenvalue weighted by Crippen LogP contribution is 2.12. The summed E-state index contributed by atoms with van der Waals surface area (Å²) in [5, 5.41) is 2.90. The zero-order valence-corrected chi connectivity index (χ0v) is 12.9. The van der Waals surface area contributed by atoms with Gasteiger partial charge in [-0.3, -0.25) is 4.79 Å². The molecule has 0 aliphatic carbocycles. The molecule has 3 aromatic rings. The molecule has 0 aliphatic heterocycles. The molecule has 2 heterocycles. The van der Waals surface area contributed by atoms with Gasteiger partial charge in [0.2, 0.25) is 0 Å². The Labute approximate surface area is 130 Å². The number of fused-ring (bicyclic) bond motifs is 1. The topological polar surface area (TPSA) is 62.7 Å². The molecule has 0 saturated carbocycles. The van der Waals surface area contributed by atoms with Gasteiger partial charge < -0.3 is 14.9 Å². The minimum atomic E-state index is -0.0869. The maximum absolute atomic E-state index is 11.8. The number of amides is 1. The molecule has 2 aromatic heterocycles. The lowest BCUT2D eigenvalue weighted by atomic mass is 10.3. The summed E-state index contributed by atoms with van der Waals surface area (Å²) in [5.74, 6) is -0.0869. The molecule has 1 aromatic carbocycles. The van der Waals surface area contributed by atoms with Gasteiger partial charge in [0, 0.05) is 23.8 Å². The van der Waals surface area contributed by atoms with Crippen LogP contribution in [0, 0.1) is 0 Å². The first-order chi connectivity index (χ1) is 10.2. The van der Waals surface area contributed by atoms with E-state index in [0.29, 0.717) is 12.2 Å². The number of imidazole rings is 1. The van der Waals surface area contributed by atoms with Gasteiger partial charge in [-0.05, 0) is 40.5 Å². The fourth-order valence-electron chi connectivity index (χ4n) is 2.23. The first kappa shape index (κ1) is 13.9. The van der Waals surface area contributed by atoms with Crippen LogP contribution in [-0.2, 0) is 6.54 Å². The Morgan fingerprint density at radius 3 is 3.05 bits per heavy atom. The third-order valence-electron chi connectivity index (χ3n) is 3.28. The molecule has 0 atom stereocenters. The lowest BCUT2D eigenvalue weighted by Crippen LogP contribution is -2.25. The number of nitrogens with one attached hydrogen (secondary N) is 2. The van der Waals surface area contributed by atoms with E-state index >= 15 is 0 Å². The van der Waals surface area contributed by atoms with E-state index < -0.39 is 0 Å². The normalized spacial score (nSPS) is 10.9. The molecule has 108 valence electrons. The number of benzene rings is 1. The Kier molecular flexibility index (Phi) is 4.06. The van der Waals surface area contributed by atoms with Crippen molar-refractivity contribution in [2.24, 2.45) is 0 Å². The number of carbonyl (C=O) groups excluding carboxylic acids is 1. The van der Waals surface area contributed by atoms with Crippen LogP contribution in [0.2, 0.25) is 0 Å². The van der Waals surface area contributed by atoms with Crippen molar-refractivity contribution in [3.8, 4) is 0 Å². The van der Waals surface area contributed by atoms with Crippen molar-refractivity contribution in [1.29, 1.82) is 0 Å². The van der Waals surface area contributed by atoms with Gasteiger partial charge in [-0.1, -0.05) is 12.1 Å². The number of aromatic amines is 1. The first-order valence-corrected chi connectivity index (χ1v) is 7.55. The molecular formula is C15H15BrN4O. The predicted octanol–water partition coefficient (Wildman–Crippen LogP) is 2.95. The van der Waals surface area contributed by atoms with Crippen LogP contribution in [0.5, 0.6) is 0 Å². The Balaban J connectivity index is 1.51. The van der Waals surface area contributed by atoms with Crippen molar-refractivity contribution in [3.63, 3.8) is 0 Å². The molecule has 0 spiro atoms. The maximum atomic E-state index is 11.8. The van der Waals surface area contributed by atoms with Crippen LogP contribution in [0.25, 0.3) is 11.0 Å². The highest BCUT2D eigenvalue weighted by Gasteiger charge is 2.07. The fourth-order valence-corrected chi connectivity index (χ4v) is 2.58. The van der Waals surface area contributed by atoms with E-state index in [9.17, 15) is 4.79 Å². The molecule has 6 heteroatoms. The third-order valence-corrected chi connectivity index (χ3v) is 3.74. The Morgan fingerprint density at radius 2 is 2.24 bits per heavy atom. The molecule has 0 fully saturated rings. The number of para-hydroxylation sites is 2. The summed E-state index contributed by atoms with van der Waals surface area (Å²) < 4.78 is 2.98. The van der Waals surface area contributed by atoms with E-state index in [1.54, 1.807) is 12.3 Å². The van der Waals surface area contributed by atoms with Crippen LogP contribution < -0.4 is 5.32 Å². The van der Waals surface area contributed by atoms with Crippen LogP contribution >= 0.6 is 15.9 Å². The van der Waals surface area contributed by atoms with Crippen molar-refractivity contribution >= 4 is 32.9 Å². The van der Waals surface area contributed by atoms with Gasteiger partial charge in [-0.15, -0.1) is 0 Å². The number of aromatic nitrogens is 3. The second kappa shape index (κ2) is 6.13. The van der Waals surface area contributed by atoms with Crippen molar-refractivity contribution in [2.75, 3.05) is 6.54 Å². The molecule has 0 unspecified atom stereocenters. The molecular weight excluding hydrogens is 332 g/mol. The molecule has 0 bridgehead atoms. The summed E-state index contributed by atoms with van der Waals surface area (Å²) in [6.45, 7) is 1.46. The highest BCUT2D eigenvalue weighted by atomic mass is 79.9. The molecule has 21 heavy (non-hydrogen) atoms. The van der Waals surface area contributed by atoms with E-state index in [1.807, 2.05) is 24.5 Å². The second-order valence-corrected chi connectivity index (χ2v) is 5.68. The lowest BCUT2D eigenvalue weighted by molar-refractivity contribution is 0.0948. The number of H-pyrrole nitrogens is 1. The number of carbonyl (C=O) groups is 1. The van der Waals surface area contributed by atoms with Gasteiger partial charge in [-0.2, -0.15) is 0 Å². The lowest BCUT2D eigenvalue weighted by Gasteiger charge is -2.05. The number of rotatable bonds is 5. The van der Waals surface area contributed by atoms with Gasteiger partial charge in [-0.25, -0.2) is 4.98 Å². The van der Waals surface area contributed by atoms with Gasteiger partial charge in [0.05, 0.1) is 17.4 Å². The molecule has 0 radical (unpaired) electrons. The molecule has 0 saturated heterocycles. The van der Waals surface area contributed by atoms with E-state index in [2.05, 4.69) is 41.8 Å². The number of halogens is 1. The Bertz CT molecular complexity index is 762. The minimum Gasteiger partial charge on any atom is -0.356 e. The van der Waals surface area contributed by atoms with Gasteiger partial charge >= 0.3 is 0 Å². The summed E-state index contributed by atoms with van der Waals surface area (Å²) in [6.07, 6.45) is 4.44. The highest BCUT2D eigenvalue weighted by molar-refractivity contribution is 9.10. The van der Waals surface area contributed by atoms with Gasteiger partial charge in [0.25, 0.3) is 5.91 Å². The molecule has 5 nitrogen and oxygen atoms in total. The average molecular weight is 347 g/mol. The Hall–Kier alpha value is -2.08. The number of aryl methyl sites for hydroxylation is 1. The summed E-state index contributed by atoms with van der Waals surface area (Å²) in [6, 6.07) is 9.80. The molecule has 2 N–H and O–H groups in total. The maximum Gasteiger partial charge on any atom is 0.267 e. The summed E-state index contributed by atoms with van der Waals surface area (Å²) in [5.41, 5.74) is 2.69.